The van der Waals surface area contributed by atoms with Gasteiger partial charge in [0.25, 0.3) is 0 Å². The van der Waals surface area contributed by atoms with Gasteiger partial charge in [0, 0.05) is 0 Å². The van der Waals surface area contributed by atoms with E-state index in [2.05, 4.69) is 13.5 Å². The average Bonchev–Trinajstić information content (AvgIpc) is 2.22. The molecule has 2 fully saturated rings. The molecule has 0 heterocycles. The van der Waals surface area contributed by atoms with Crippen molar-refractivity contribution in [1.29, 1.82) is 0 Å². The number of hydrogen-bond donors (Lipinski definition) is 2. The molecule has 0 unspecified atom stereocenters. The summed E-state index contributed by atoms with van der Waals surface area (Å²) in [5.41, 5.74) is 0.704. The van der Waals surface area contributed by atoms with Crippen molar-refractivity contribution in [3.8, 4) is 0 Å². The Kier molecular flexibility index (Phi) is 3.16. The largest absolute Gasteiger partial charge is 0.390 e. The highest BCUT2D eigenvalue weighted by Crippen LogP contribution is 2.54. The average molecular weight is 238 g/mol. The molecule has 4 atom stereocenters. The highest BCUT2D eigenvalue weighted by molar-refractivity contribution is 5.17. The standard InChI is InChI=1S/C15H26O2/c1-10-12-9-11(14(2,3)17)5-7-15(12,4)8-6-13(10)16/h11-13,16-17H,1,5-9H2,2-4H3/t11-,12+,13-,15+/m1/s1. The predicted molar refractivity (Wildman–Crippen MR) is 69.6 cm³/mol. The monoisotopic (exact) mass is 238 g/mol. The Morgan fingerprint density at radius 2 is 1.88 bits per heavy atom. The van der Waals surface area contributed by atoms with Crippen LogP contribution in [0.3, 0.4) is 0 Å². The smallest absolute Gasteiger partial charge is 0.0750 e. The molecule has 0 saturated heterocycles. The summed E-state index contributed by atoms with van der Waals surface area (Å²) in [6.45, 7) is 10.2. The molecule has 0 aromatic rings. The lowest BCUT2D eigenvalue weighted by atomic mass is 9.55. The van der Waals surface area contributed by atoms with E-state index in [0.29, 0.717) is 17.3 Å². The fourth-order valence-corrected chi connectivity index (χ4v) is 3.79. The van der Waals surface area contributed by atoms with Crippen LogP contribution >= 0.6 is 0 Å². The molecule has 2 aliphatic rings. The van der Waals surface area contributed by atoms with Crippen LogP contribution in [0.2, 0.25) is 0 Å². The zero-order valence-electron chi connectivity index (χ0n) is 11.4. The SMILES string of the molecule is C=C1[C@H](O)CC[C@]2(C)CC[C@@H](C(C)(C)O)C[C@@H]12. The van der Waals surface area contributed by atoms with Crippen LogP contribution in [0.25, 0.3) is 0 Å². The highest BCUT2D eigenvalue weighted by Gasteiger charge is 2.47. The molecule has 0 spiro atoms. The van der Waals surface area contributed by atoms with Crippen LogP contribution in [0.4, 0.5) is 0 Å². The lowest BCUT2D eigenvalue weighted by molar-refractivity contribution is -0.0509. The summed E-state index contributed by atoms with van der Waals surface area (Å²) >= 11 is 0. The Balaban J connectivity index is 2.18. The van der Waals surface area contributed by atoms with E-state index in [1.807, 2.05) is 13.8 Å². The van der Waals surface area contributed by atoms with Gasteiger partial charge in [0.15, 0.2) is 0 Å². The molecule has 2 rings (SSSR count). The lowest BCUT2D eigenvalue weighted by Gasteiger charge is -2.51. The van der Waals surface area contributed by atoms with Gasteiger partial charge >= 0.3 is 0 Å². The molecular weight excluding hydrogens is 212 g/mol. The lowest BCUT2D eigenvalue weighted by Crippen LogP contribution is -2.46. The van der Waals surface area contributed by atoms with E-state index in [1.54, 1.807) is 0 Å². The van der Waals surface area contributed by atoms with E-state index in [1.165, 1.54) is 0 Å². The Morgan fingerprint density at radius 1 is 1.29 bits per heavy atom. The minimum atomic E-state index is -0.607. The van der Waals surface area contributed by atoms with Gasteiger partial charge in [-0.3, -0.25) is 0 Å². The van der Waals surface area contributed by atoms with Gasteiger partial charge in [0.2, 0.25) is 0 Å². The topological polar surface area (TPSA) is 40.5 Å². The second kappa shape index (κ2) is 4.10. The van der Waals surface area contributed by atoms with Gasteiger partial charge < -0.3 is 10.2 Å². The maximum absolute atomic E-state index is 10.2. The molecule has 98 valence electrons. The minimum Gasteiger partial charge on any atom is -0.390 e. The quantitative estimate of drug-likeness (QED) is 0.690. The van der Waals surface area contributed by atoms with Crippen molar-refractivity contribution >= 4 is 0 Å². The van der Waals surface area contributed by atoms with E-state index in [-0.39, 0.29) is 6.10 Å². The van der Waals surface area contributed by atoms with Crippen molar-refractivity contribution < 1.29 is 10.2 Å². The van der Waals surface area contributed by atoms with Crippen LogP contribution in [0.15, 0.2) is 12.2 Å². The number of aliphatic hydroxyl groups is 2. The summed E-state index contributed by atoms with van der Waals surface area (Å²) in [5.74, 6) is 0.721. The molecular formula is C15H26O2. The number of fused-ring (bicyclic) bond motifs is 1. The van der Waals surface area contributed by atoms with Crippen molar-refractivity contribution in [2.24, 2.45) is 17.3 Å². The Bertz CT molecular complexity index is 315. The number of hydrogen-bond acceptors (Lipinski definition) is 2. The van der Waals surface area contributed by atoms with Crippen molar-refractivity contribution in [3.63, 3.8) is 0 Å². The summed E-state index contributed by atoms with van der Waals surface area (Å²) in [4.78, 5) is 0. The van der Waals surface area contributed by atoms with Gasteiger partial charge in [0.05, 0.1) is 11.7 Å². The third kappa shape index (κ3) is 2.30. The molecule has 0 aromatic heterocycles. The van der Waals surface area contributed by atoms with E-state index in [0.717, 1.165) is 37.7 Å². The van der Waals surface area contributed by atoms with Crippen LogP contribution in [0.1, 0.15) is 52.9 Å². The Labute approximate surface area is 105 Å². The summed E-state index contributed by atoms with van der Waals surface area (Å²) in [6, 6.07) is 0. The van der Waals surface area contributed by atoms with Crippen LogP contribution < -0.4 is 0 Å². The Morgan fingerprint density at radius 3 is 2.47 bits per heavy atom. The Hall–Kier alpha value is -0.340. The van der Waals surface area contributed by atoms with Gasteiger partial charge in [0.1, 0.15) is 0 Å². The summed E-state index contributed by atoms with van der Waals surface area (Å²) in [6.07, 6.45) is 4.86. The molecule has 2 nitrogen and oxygen atoms in total. The van der Waals surface area contributed by atoms with Gasteiger partial charge in [-0.2, -0.15) is 0 Å². The summed E-state index contributed by atoms with van der Waals surface area (Å²) < 4.78 is 0. The van der Waals surface area contributed by atoms with Crippen molar-refractivity contribution in [3.05, 3.63) is 12.2 Å². The third-order valence-electron chi connectivity index (χ3n) is 5.29. The summed E-state index contributed by atoms with van der Waals surface area (Å²) in [5, 5.41) is 20.1. The molecule has 2 aliphatic carbocycles. The van der Waals surface area contributed by atoms with E-state index in [9.17, 15) is 10.2 Å². The molecule has 0 aromatic carbocycles. The number of aliphatic hydroxyl groups excluding tert-OH is 1. The number of rotatable bonds is 1. The molecule has 0 amide bonds. The zero-order valence-corrected chi connectivity index (χ0v) is 11.4. The van der Waals surface area contributed by atoms with Crippen LogP contribution in [-0.4, -0.2) is 21.9 Å². The van der Waals surface area contributed by atoms with Gasteiger partial charge in [-0.25, -0.2) is 0 Å². The molecule has 0 radical (unpaired) electrons. The van der Waals surface area contributed by atoms with Gasteiger partial charge in [-0.15, -0.1) is 0 Å². The molecule has 2 N–H and O–H groups in total. The first-order chi connectivity index (χ1) is 7.74. The highest BCUT2D eigenvalue weighted by atomic mass is 16.3. The molecule has 2 saturated carbocycles. The maximum Gasteiger partial charge on any atom is 0.0750 e. The van der Waals surface area contributed by atoms with Crippen molar-refractivity contribution in [1.82, 2.24) is 0 Å². The van der Waals surface area contributed by atoms with Crippen molar-refractivity contribution in [2.45, 2.75) is 64.6 Å². The first-order valence-electron chi connectivity index (χ1n) is 6.83. The fourth-order valence-electron chi connectivity index (χ4n) is 3.79. The minimum absolute atomic E-state index is 0.304. The normalized spacial score (nSPS) is 43.4. The molecule has 2 heteroatoms. The first kappa shape index (κ1) is 13.1. The van der Waals surface area contributed by atoms with Crippen LogP contribution in [0.5, 0.6) is 0 Å². The molecule has 0 aliphatic heterocycles. The van der Waals surface area contributed by atoms with E-state index in [4.69, 9.17) is 0 Å². The molecule has 0 bridgehead atoms. The zero-order chi connectivity index (χ0) is 12.8. The fraction of sp³-hybridized carbons (Fsp3) is 0.867. The second-order valence-corrected chi connectivity index (χ2v) is 6.96. The van der Waals surface area contributed by atoms with Gasteiger partial charge in [-0.1, -0.05) is 13.5 Å². The van der Waals surface area contributed by atoms with Crippen LogP contribution in [0, 0.1) is 17.3 Å². The predicted octanol–water partition coefficient (Wildman–Crippen LogP) is 2.89. The first-order valence-corrected chi connectivity index (χ1v) is 6.83. The molecule has 17 heavy (non-hydrogen) atoms. The van der Waals surface area contributed by atoms with E-state index >= 15 is 0 Å². The van der Waals surface area contributed by atoms with Crippen molar-refractivity contribution in [2.75, 3.05) is 0 Å². The maximum atomic E-state index is 10.2. The van der Waals surface area contributed by atoms with E-state index < -0.39 is 5.60 Å². The van der Waals surface area contributed by atoms with Gasteiger partial charge in [-0.05, 0) is 68.8 Å². The van der Waals surface area contributed by atoms with Crippen LogP contribution in [-0.2, 0) is 0 Å². The third-order valence-corrected chi connectivity index (χ3v) is 5.29. The summed E-state index contributed by atoms with van der Waals surface area (Å²) in [7, 11) is 0. The second-order valence-electron chi connectivity index (χ2n) is 6.96.